The molecule has 2 aromatic rings. The van der Waals surface area contributed by atoms with Gasteiger partial charge in [0.1, 0.15) is 11.6 Å². The lowest BCUT2D eigenvalue weighted by atomic mass is 10.1. The van der Waals surface area contributed by atoms with E-state index in [0.29, 0.717) is 12.1 Å². The maximum atomic E-state index is 12.2. The predicted molar refractivity (Wildman–Crippen MR) is 106 cm³/mol. The number of carbonyl (C=O) groups excluding carboxylic acids is 2. The molecule has 140 valence electrons. The first-order valence-electron chi connectivity index (χ1n) is 8.31. The minimum Gasteiger partial charge on any atom is -0.448 e. The molecular weight excluding hydrogens is 362 g/mol. The Hall–Kier alpha value is -3.11. The highest BCUT2D eigenvalue weighted by Crippen LogP contribution is 2.15. The molecule has 1 heterocycles. The molecule has 1 aromatic carbocycles. The molecule has 1 aromatic heterocycles. The van der Waals surface area contributed by atoms with Crippen LogP contribution in [0.3, 0.4) is 0 Å². The van der Waals surface area contributed by atoms with Crippen LogP contribution in [0.4, 0.5) is 5.69 Å². The van der Waals surface area contributed by atoms with Crippen LogP contribution in [0.25, 0.3) is 6.08 Å². The van der Waals surface area contributed by atoms with Crippen molar-refractivity contribution in [2.45, 2.75) is 19.6 Å². The van der Waals surface area contributed by atoms with Gasteiger partial charge < -0.3 is 15.0 Å². The highest BCUT2D eigenvalue weighted by atomic mass is 32.1. The zero-order valence-corrected chi connectivity index (χ0v) is 16.2. The minimum absolute atomic E-state index is 0.162. The topological polar surface area (TPSA) is 82.4 Å². The molecule has 0 aliphatic rings. The minimum atomic E-state index is -0.995. The number of esters is 1. The number of carbonyl (C=O) groups is 2. The SMILES string of the molecule is C[C@@H](OC(=O)/C(C#N)=C/c1ccc(N(C)C)cc1)C(=O)NCc1cccs1. The van der Waals surface area contributed by atoms with E-state index in [9.17, 15) is 14.9 Å². The molecule has 27 heavy (non-hydrogen) atoms. The number of thiophene rings is 1. The van der Waals surface area contributed by atoms with E-state index in [1.807, 2.05) is 54.7 Å². The van der Waals surface area contributed by atoms with Crippen LogP contribution in [0.15, 0.2) is 47.4 Å². The third kappa shape index (κ3) is 5.97. The first kappa shape index (κ1) is 20.2. The van der Waals surface area contributed by atoms with Crippen LogP contribution in [-0.4, -0.2) is 32.1 Å². The van der Waals surface area contributed by atoms with Crippen molar-refractivity contribution >= 4 is 35.0 Å². The predicted octanol–water partition coefficient (Wildman–Crippen LogP) is 2.97. The van der Waals surface area contributed by atoms with Crippen LogP contribution in [-0.2, 0) is 20.9 Å². The lowest BCUT2D eigenvalue weighted by Crippen LogP contribution is -2.35. The summed E-state index contributed by atoms with van der Waals surface area (Å²) in [5, 5.41) is 13.9. The van der Waals surface area contributed by atoms with E-state index in [1.54, 1.807) is 12.1 Å². The summed E-state index contributed by atoms with van der Waals surface area (Å²) in [5.74, 6) is -1.24. The summed E-state index contributed by atoms with van der Waals surface area (Å²) in [5.41, 5.74) is 1.54. The molecule has 1 N–H and O–H groups in total. The number of nitrogens with one attached hydrogen (secondary N) is 1. The average Bonchev–Trinajstić information content (AvgIpc) is 3.17. The number of rotatable bonds is 7. The molecule has 0 bridgehead atoms. The average molecular weight is 383 g/mol. The quantitative estimate of drug-likeness (QED) is 0.452. The van der Waals surface area contributed by atoms with Gasteiger partial charge in [0.15, 0.2) is 6.10 Å². The number of amides is 1. The Labute approximate surface area is 162 Å². The van der Waals surface area contributed by atoms with Crippen LogP contribution in [0, 0.1) is 11.3 Å². The van der Waals surface area contributed by atoms with E-state index in [4.69, 9.17) is 4.74 Å². The fraction of sp³-hybridized carbons (Fsp3) is 0.250. The number of anilines is 1. The molecule has 2 rings (SSSR count). The van der Waals surface area contributed by atoms with Crippen LogP contribution in [0.5, 0.6) is 0 Å². The van der Waals surface area contributed by atoms with E-state index >= 15 is 0 Å². The summed E-state index contributed by atoms with van der Waals surface area (Å²) in [6, 6.07) is 13.0. The van der Waals surface area contributed by atoms with Gasteiger partial charge in [-0.15, -0.1) is 11.3 Å². The molecular formula is C20H21N3O3S. The van der Waals surface area contributed by atoms with Gasteiger partial charge in [0.2, 0.25) is 0 Å². The Balaban J connectivity index is 1.96. The lowest BCUT2D eigenvalue weighted by molar-refractivity contribution is -0.150. The maximum absolute atomic E-state index is 12.2. The standard InChI is InChI=1S/C20H21N3O3S/c1-14(19(24)22-13-18-5-4-10-27-18)26-20(25)16(12-21)11-15-6-8-17(9-7-15)23(2)3/h4-11,14H,13H2,1-3H3,(H,22,24)/b16-11+/t14-/m1/s1. The van der Waals surface area contributed by atoms with Gasteiger partial charge in [-0.05, 0) is 42.1 Å². The van der Waals surface area contributed by atoms with E-state index < -0.39 is 18.0 Å². The number of hydrogen-bond donors (Lipinski definition) is 1. The van der Waals surface area contributed by atoms with E-state index in [1.165, 1.54) is 24.3 Å². The van der Waals surface area contributed by atoms with Crippen molar-refractivity contribution in [1.82, 2.24) is 5.32 Å². The Bertz CT molecular complexity index is 850. The number of nitriles is 1. The van der Waals surface area contributed by atoms with Crippen molar-refractivity contribution in [3.8, 4) is 6.07 Å². The van der Waals surface area contributed by atoms with Crippen molar-refractivity contribution in [3.63, 3.8) is 0 Å². The monoisotopic (exact) mass is 383 g/mol. The van der Waals surface area contributed by atoms with Crippen molar-refractivity contribution < 1.29 is 14.3 Å². The van der Waals surface area contributed by atoms with Crippen LogP contribution < -0.4 is 10.2 Å². The Kier molecular flexibility index (Phi) is 7.15. The summed E-state index contributed by atoms with van der Waals surface area (Å²) in [6.07, 6.45) is 0.447. The van der Waals surface area contributed by atoms with Crippen molar-refractivity contribution in [2.24, 2.45) is 0 Å². The van der Waals surface area contributed by atoms with E-state index in [-0.39, 0.29) is 5.57 Å². The first-order chi connectivity index (χ1) is 12.9. The smallest absolute Gasteiger partial charge is 0.349 e. The van der Waals surface area contributed by atoms with Crippen molar-refractivity contribution in [1.29, 1.82) is 5.26 Å². The number of hydrogen-bond acceptors (Lipinski definition) is 6. The number of ether oxygens (including phenoxy) is 1. The molecule has 0 aliphatic carbocycles. The fourth-order valence-corrected chi connectivity index (χ4v) is 2.83. The van der Waals surface area contributed by atoms with Gasteiger partial charge in [0.05, 0.1) is 6.54 Å². The highest BCUT2D eigenvalue weighted by Gasteiger charge is 2.20. The molecule has 6 nitrogen and oxygen atoms in total. The fourth-order valence-electron chi connectivity index (χ4n) is 2.18. The molecule has 0 fully saturated rings. The normalized spacial score (nSPS) is 12.0. The summed E-state index contributed by atoms with van der Waals surface area (Å²) in [4.78, 5) is 27.2. The second kappa shape index (κ2) is 9.55. The summed E-state index contributed by atoms with van der Waals surface area (Å²) >= 11 is 1.53. The third-order valence-corrected chi connectivity index (χ3v) is 4.61. The first-order valence-corrected chi connectivity index (χ1v) is 9.19. The molecule has 0 spiro atoms. The lowest BCUT2D eigenvalue weighted by Gasteiger charge is -2.13. The Morgan fingerprint density at radius 3 is 2.56 bits per heavy atom. The molecule has 7 heteroatoms. The molecule has 0 unspecified atom stereocenters. The van der Waals surface area contributed by atoms with Gasteiger partial charge in [0, 0.05) is 24.7 Å². The van der Waals surface area contributed by atoms with Gasteiger partial charge in [0.25, 0.3) is 5.91 Å². The van der Waals surface area contributed by atoms with Crippen LogP contribution in [0.1, 0.15) is 17.4 Å². The van der Waals surface area contributed by atoms with Gasteiger partial charge >= 0.3 is 5.97 Å². The van der Waals surface area contributed by atoms with E-state index in [2.05, 4.69) is 5.32 Å². The zero-order chi connectivity index (χ0) is 19.8. The number of nitrogens with zero attached hydrogens (tertiary/aromatic N) is 2. The Morgan fingerprint density at radius 1 is 1.30 bits per heavy atom. The summed E-state index contributed by atoms with van der Waals surface area (Å²) in [7, 11) is 3.85. The molecule has 1 amide bonds. The van der Waals surface area contributed by atoms with Gasteiger partial charge in [-0.1, -0.05) is 18.2 Å². The van der Waals surface area contributed by atoms with E-state index in [0.717, 1.165) is 10.6 Å². The molecule has 0 saturated heterocycles. The summed E-state index contributed by atoms with van der Waals surface area (Å²) < 4.78 is 5.12. The highest BCUT2D eigenvalue weighted by molar-refractivity contribution is 7.09. The van der Waals surface area contributed by atoms with Gasteiger partial charge in [-0.2, -0.15) is 5.26 Å². The van der Waals surface area contributed by atoms with Gasteiger partial charge in [-0.3, -0.25) is 4.79 Å². The molecule has 0 saturated carbocycles. The summed E-state index contributed by atoms with van der Waals surface area (Å²) in [6.45, 7) is 1.85. The van der Waals surface area contributed by atoms with Gasteiger partial charge in [-0.25, -0.2) is 4.79 Å². The largest absolute Gasteiger partial charge is 0.448 e. The second-order valence-corrected chi connectivity index (χ2v) is 7.03. The van der Waals surface area contributed by atoms with Crippen molar-refractivity contribution in [2.75, 3.05) is 19.0 Å². The molecule has 0 aliphatic heterocycles. The molecule has 1 atom stereocenters. The zero-order valence-electron chi connectivity index (χ0n) is 15.4. The van der Waals surface area contributed by atoms with Crippen LogP contribution >= 0.6 is 11.3 Å². The third-order valence-electron chi connectivity index (χ3n) is 3.73. The van der Waals surface area contributed by atoms with Crippen LogP contribution in [0.2, 0.25) is 0 Å². The maximum Gasteiger partial charge on any atom is 0.349 e. The second-order valence-electron chi connectivity index (χ2n) is 6.00. The Morgan fingerprint density at radius 2 is 2.00 bits per heavy atom. The molecule has 0 radical (unpaired) electrons. The van der Waals surface area contributed by atoms with Crippen molar-refractivity contribution in [3.05, 3.63) is 57.8 Å². The number of benzene rings is 1.